The summed E-state index contributed by atoms with van der Waals surface area (Å²) in [6, 6.07) is 6.63. The first kappa shape index (κ1) is 13.4. The number of carbonyl (C=O) groups excluding carboxylic acids is 1. The summed E-state index contributed by atoms with van der Waals surface area (Å²) in [4.78, 5) is 12.2. The fourth-order valence-electron chi connectivity index (χ4n) is 1.74. The van der Waals surface area contributed by atoms with Crippen LogP contribution in [0.3, 0.4) is 0 Å². The Morgan fingerprint density at radius 1 is 1.42 bits per heavy atom. The van der Waals surface area contributed by atoms with Gasteiger partial charge in [-0.15, -0.1) is 0 Å². The highest BCUT2D eigenvalue weighted by Gasteiger charge is 2.13. The molecule has 0 aliphatic heterocycles. The number of nitrogens with one attached hydrogen (secondary N) is 2. The second kappa shape index (κ2) is 5.29. The number of rotatable bonds is 3. The van der Waals surface area contributed by atoms with Crippen LogP contribution in [0.25, 0.3) is 0 Å². The van der Waals surface area contributed by atoms with Crippen molar-refractivity contribution in [1.82, 2.24) is 9.78 Å². The number of hydrazine groups is 1. The molecule has 0 spiro atoms. The monoisotopic (exact) mass is 279 g/mol. The van der Waals surface area contributed by atoms with Crippen LogP contribution in [-0.2, 0) is 7.05 Å². The van der Waals surface area contributed by atoms with Crippen LogP contribution in [0.5, 0.6) is 0 Å². The summed E-state index contributed by atoms with van der Waals surface area (Å²) in [7, 11) is 1.75. The van der Waals surface area contributed by atoms with Gasteiger partial charge < -0.3 is 10.7 Å². The third-order valence-corrected chi connectivity index (χ3v) is 2.86. The van der Waals surface area contributed by atoms with E-state index in [4.69, 9.17) is 17.4 Å². The van der Waals surface area contributed by atoms with Gasteiger partial charge in [0.15, 0.2) is 0 Å². The van der Waals surface area contributed by atoms with Crippen LogP contribution in [0.15, 0.2) is 24.3 Å². The molecule has 0 atom stereocenters. The van der Waals surface area contributed by atoms with Crippen molar-refractivity contribution in [3.05, 3.63) is 40.5 Å². The van der Waals surface area contributed by atoms with Crippen molar-refractivity contribution in [2.45, 2.75) is 6.92 Å². The maximum atomic E-state index is 12.2. The van der Waals surface area contributed by atoms with Crippen molar-refractivity contribution in [2.75, 3.05) is 10.7 Å². The molecule has 0 aliphatic carbocycles. The van der Waals surface area contributed by atoms with Gasteiger partial charge in [0.25, 0.3) is 5.91 Å². The number of aromatic nitrogens is 2. The second-order valence-electron chi connectivity index (χ2n) is 4.08. The SMILES string of the molecule is Cc1cc(NC(=O)c2cc(Cl)ccc2NN)n(C)n1. The zero-order valence-electron chi connectivity index (χ0n) is 10.6. The van der Waals surface area contributed by atoms with Gasteiger partial charge in [-0.05, 0) is 25.1 Å². The number of nitrogen functional groups attached to an aromatic ring is 1. The minimum absolute atomic E-state index is 0.307. The number of carbonyl (C=O) groups is 1. The van der Waals surface area contributed by atoms with Crippen molar-refractivity contribution >= 4 is 29.0 Å². The smallest absolute Gasteiger partial charge is 0.259 e. The molecule has 100 valence electrons. The minimum Gasteiger partial charge on any atom is -0.323 e. The maximum Gasteiger partial charge on any atom is 0.259 e. The molecule has 6 nitrogen and oxygen atoms in total. The quantitative estimate of drug-likeness (QED) is 0.592. The van der Waals surface area contributed by atoms with Crippen LogP contribution >= 0.6 is 11.6 Å². The normalized spacial score (nSPS) is 10.3. The Morgan fingerprint density at radius 3 is 2.74 bits per heavy atom. The van der Waals surface area contributed by atoms with E-state index in [9.17, 15) is 4.79 Å². The van der Waals surface area contributed by atoms with Gasteiger partial charge in [-0.3, -0.25) is 15.3 Å². The van der Waals surface area contributed by atoms with Crippen molar-refractivity contribution in [3.63, 3.8) is 0 Å². The molecule has 1 amide bonds. The Labute approximate surface area is 115 Å². The van der Waals surface area contributed by atoms with Crippen molar-refractivity contribution in [3.8, 4) is 0 Å². The molecule has 1 heterocycles. The maximum absolute atomic E-state index is 12.2. The predicted molar refractivity (Wildman–Crippen MR) is 75.2 cm³/mol. The number of nitrogens with zero attached hydrogens (tertiary/aromatic N) is 2. The first-order chi connectivity index (χ1) is 9.01. The molecule has 1 aromatic carbocycles. The number of amides is 1. The molecule has 2 rings (SSSR count). The lowest BCUT2D eigenvalue weighted by Crippen LogP contribution is -2.18. The van der Waals surface area contributed by atoms with E-state index in [-0.39, 0.29) is 5.91 Å². The molecule has 0 unspecified atom stereocenters. The molecular weight excluding hydrogens is 266 g/mol. The second-order valence-corrected chi connectivity index (χ2v) is 4.52. The number of anilines is 2. The Kier molecular flexibility index (Phi) is 3.73. The molecule has 0 fully saturated rings. The number of benzene rings is 1. The first-order valence-electron chi connectivity index (χ1n) is 5.59. The van der Waals surface area contributed by atoms with Crippen LogP contribution < -0.4 is 16.6 Å². The summed E-state index contributed by atoms with van der Waals surface area (Å²) < 4.78 is 1.59. The van der Waals surface area contributed by atoms with Crippen molar-refractivity contribution in [1.29, 1.82) is 0 Å². The van der Waals surface area contributed by atoms with E-state index in [1.54, 1.807) is 36.0 Å². The summed E-state index contributed by atoms with van der Waals surface area (Å²) in [6.45, 7) is 1.85. The summed E-state index contributed by atoms with van der Waals surface area (Å²) in [6.07, 6.45) is 0. The van der Waals surface area contributed by atoms with Gasteiger partial charge in [0, 0.05) is 18.1 Å². The Morgan fingerprint density at radius 2 is 2.16 bits per heavy atom. The highest BCUT2D eigenvalue weighted by atomic mass is 35.5. The molecule has 0 radical (unpaired) electrons. The van der Waals surface area contributed by atoms with Gasteiger partial charge in [-0.1, -0.05) is 11.6 Å². The molecule has 0 aliphatic rings. The van der Waals surface area contributed by atoms with Crippen molar-refractivity contribution < 1.29 is 4.79 Å². The van der Waals surface area contributed by atoms with Crippen LogP contribution in [0, 0.1) is 6.92 Å². The van der Waals surface area contributed by atoms with Crippen molar-refractivity contribution in [2.24, 2.45) is 12.9 Å². The van der Waals surface area contributed by atoms with E-state index >= 15 is 0 Å². The van der Waals surface area contributed by atoms with Gasteiger partial charge >= 0.3 is 0 Å². The zero-order valence-corrected chi connectivity index (χ0v) is 11.3. The Balaban J connectivity index is 2.29. The summed E-state index contributed by atoms with van der Waals surface area (Å²) in [5.74, 6) is 5.67. The van der Waals surface area contributed by atoms with Gasteiger partial charge in [0.2, 0.25) is 0 Å². The molecule has 1 aromatic heterocycles. The fraction of sp³-hybridized carbons (Fsp3) is 0.167. The van der Waals surface area contributed by atoms with Gasteiger partial charge in [0.1, 0.15) is 5.82 Å². The minimum atomic E-state index is -0.307. The molecule has 0 saturated carbocycles. The van der Waals surface area contributed by atoms with E-state index < -0.39 is 0 Å². The number of hydrogen-bond donors (Lipinski definition) is 3. The highest BCUT2D eigenvalue weighted by Crippen LogP contribution is 2.21. The molecule has 2 aromatic rings. The molecular formula is C12H14ClN5O. The van der Waals surface area contributed by atoms with E-state index in [1.807, 2.05) is 6.92 Å². The number of nitrogens with two attached hydrogens (primary N) is 1. The molecule has 19 heavy (non-hydrogen) atoms. The lowest BCUT2D eigenvalue weighted by molar-refractivity contribution is 0.102. The fourth-order valence-corrected chi connectivity index (χ4v) is 1.91. The number of aryl methyl sites for hydroxylation is 2. The largest absolute Gasteiger partial charge is 0.323 e. The third kappa shape index (κ3) is 2.86. The highest BCUT2D eigenvalue weighted by molar-refractivity contribution is 6.31. The van der Waals surface area contributed by atoms with Gasteiger partial charge in [0.05, 0.1) is 16.9 Å². The van der Waals surface area contributed by atoms with E-state index in [0.717, 1.165) is 5.69 Å². The molecule has 0 saturated heterocycles. The number of hydrogen-bond acceptors (Lipinski definition) is 4. The zero-order chi connectivity index (χ0) is 14.0. The predicted octanol–water partition coefficient (Wildman–Crippen LogP) is 1.92. The van der Waals surface area contributed by atoms with E-state index in [1.165, 1.54) is 0 Å². The topological polar surface area (TPSA) is 85.0 Å². The molecule has 7 heteroatoms. The van der Waals surface area contributed by atoms with Gasteiger partial charge in [-0.2, -0.15) is 5.10 Å². The number of halogens is 1. The Bertz CT molecular complexity index is 623. The van der Waals surface area contributed by atoms with E-state index in [2.05, 4.69) is 15.8 Å². The molecule has 4 N–H and O–H groups in total. The van der Waals surface area contributed by atoms with Crippen LogP contribution in [-0.4, -0.2) is 15.7 Å². The third-order valence-electron chi connectivity index (χ3n) is 2.63. The average Bonchev–Trinajstić information content (AvgIpc) is 2.67. The lowest BCUT2D eigenvalue weighted by atomic mass is 10.1. The first-order valence-corrected chi connectivity index (χ1v) is 5.97. The Hall–Kier alpha value is -2.05. The van der Waals surface area contributed by atoms with Crippen LogP contribution in [0.4, 0.5) is 11.5 Å². The van der Waals surface area contributed by atoms with Crippen LogP contribution in [0.1, 0.15) is 16.1 Å². The van der Waals surface area contributed by atoms with Gasteiger partial charge in [-0.25, -0.2) is 0 Å². The lowest BCUT2D eigenvalue weighted by Gasteiger charge is -2.10. The van der Waals surface area contributed by atoms with Crippen LogP contribution in [0.2, 0.25) is 5.02 Å². The summed E-state index contributed by atoms with van der Waals surface area (Å²) in [5.41, 5.74) is 4.16. The summed E-state index contributed by atoms with van der Waals surface area (Å²) >= 11 is 5.89. The molecule has 0 bridgehead atoms. The van der Waals surface area contributed by atoms with E-state index in [0.29, 0.717) is 22.1 Å². The summed E-state index contributed by atoms with van der Waals surface area (Å²) in [5, 5.41) is 7.37. The average molecular weight is 280 g/mol. The standard InChI is InChI=1S/C12H14ClN5O/c1-7-5-11(18(2)17-7)15-12(19)9-6-8(13)3-4-10(9)16-14/h3-6,16H,14H2,1-2H3,(H,15,19).